The third-order valence-electron chi connectivity index (χ3n) is 3.20. The zero-order chi connectivity index (χ0) is 19.5. The maximum absolute atomic E-state index is 12.2. The Labute approximate surface area is 156 Å². The number of sulfonamides is 1. The van der Waals surface area contributed by atoms with E-state index in [0.29, 0.717) is 10.7 Å². The molecule has 140 valence electrons. The minimum absolute atomic E-state index is 0.104. The van der Waals surface area contributed by atoms with Crippen molar-refractivity contribution in [3.63, 3.8) is 0 Å². The Bertz CT molecular complexity index is 926. The first-order chi connectivity index (χ1) is 12.0. The van der Waals surface area contributed by atoms with Crippen LogP contribution in [0.1, 0.15) is 37.0 Å². The summed E-state index contributed by atoms with van der Waals surface area (Å²) in [7, 11) is -3.77. The van der Waals surface area contributed by atoms with Gasteiger partial charge in [-0.2, -0.15) is 18.4 Å². The molecule has 3 N–H and O–H groups in total. The predicted molar refractivity (Wildman–Crippen MR) is 100 cm³/mol. The van der Waals surface area contributed by atoms with E-state index in [1.807, 2.05) is 27.7 Å². The van der Waals surface area contributed by atoms with Crippen LogP contribution in [0.15, 0.2) is 34.3 Å². The number of ether oxygens (including phenoxy) is 1. The second-order valence-electron chi connectivity index (χ2n) is 6.53. The van der Waals surface area contributed by atoms with E-state index < -0.39 is 21.5 Å². The molecule has 1 aromatic carbocycles. The van der Waals surface area contributed by atoms with Crippen molar-refractivity contribution < 1.29 is 17.9 Å². The molecule has 0 aliphatic heterocycles. The molecule has 0 fully saturated rings. The molecule has 0 aliphatic carbocycles. The van der Waals surface area contributed by atoms with Crippen molar-refractivity contribution in [2.24, 2.45) is 10.8 Å². The van der Waals surface area contributed by atoms with Crippen LogP contribution in [0.25, 0.3) is 0 Å². The molecule has 1 heterocycles. The molecule has 26 heavy (non-hydrogen) atoms. The van der Waals surface area contributed by atoms with E-state index in [2.05, 4.69) is 14.9 Å². The molecule has 0 aliphatic rings. The fourth-order valence-electron chi connectivity index (χ4n) is 1.93. The predicted octanol–water partition coefficient (Wildman–Crippen LogP) is 2.52. The highest BCUT2D eigenvalue weighted by atomic mass is 32.2. The number of carbonyl (C=O) groups is 1. The first kappa shape index (κ1) is 19.9. The number of amides is 1. The summed E-state index contributed by atoms with van der Waals surface area (Å²) in [6.07, 6.45) is 0.308. The van der Waals surface area contributed by atoms with Gasteiger partial charge in [0.1, 0.15) is 10.7 Å². The molecule has 2 aromatic rings. The summed E-state index contributed by atoms with van der Waals surface area (Å²) in [5.41, 5.74) is 6.16. The number of hydrogen-bond acceptors (Lipinski definition) is 7. The van der Waals surface area contributed by atoms with Crippen LogP contribution >= 0.6 is 11.3 Å². The summed E-state index contributed by atoms with van der Waals surface area (Å²) >= 11 is 1.04. The minimum atomic E-state index is -3.77. The third-order valence-corrected chi connectivity index (χ3v) is 5.30. The highest BCUT2D eigenvalue weighted by Gasteiger charge is 2.25. The van der Waals surface area contributed by atoms with E-state index in [1.165, 1.54) is 18.3 Å². The molecule has 1 aromatic heterocycles. The monoisotopic (exact) mass is 396 g/mol. The highest BCUT2D eigenvalue weighted by Crippen LogP contribution is 2.35. The maximum Gasteiger partial charge on any atom is 0.410 e. The van der Waals surface area contributed by atoms with E-state index in [-0.39, 0.29) is 9.96 Å². The number of nitrogens with zero attached hydrogens (tertiary/aromatic N) is 2. The summed E-state index contributed by atoms with van der Waals surface area (Å²) in [5, 5.41) is 4.37. The van der Waals surface area contributed by atoms with Crippen LogP contribution in [0, 0.1) is 6.92 Å². The van der Waals surface area contributed by atoms with Crippen molar-refractivity contribution in [1.29, 1.82) is 0 Å². The molecule has 0 unspecified atom stereocenters. The van der Waals surface area contributed by atoms with Crippen molar-refractivity contribution in [3.05, 3.63) is 40.5 Å². The van der Waals surface area contributed by atoms with Crippen LogP contribution in [0.2, 0.25) is 0 Å². The number of benzene rings is 1. The molecule has 0 radical (unpaired) electrons. The van der Waals surface area contributed by atoms with Crippen LogP contribution in [0.3, 0.4) is 0 Å². The summed E-state index contributed by atoms with van der Waals surface area (Å²) in [6, 6.07) is 6.38. The molecule has 0 bridgehead atoms. The maximum atomic E-state index is 12.2. The Morgan fingerprint density at radius 1 is 1.31 bits per heavy atom. The molecule has 0 atom stereocenters. The molecule has 0 spiro atoms. The van der Waals surface area contributed by atoms with Gasteiger partial charge in [0, 0.05) is 5.41 Å². The largest absolute Gasteiger partial charge is 0.410 e. The van der Waals surface area contributed by atoms with Gasteiger partial charge in [0.05, 0.1) is 11.1 Å². The lowest BCUT2D eigenvalue weighted by atomic mass is 9.93. The minimum Gasteiger partial charge on any atom is -0.397 e. The van der Waals surface area contributed by atoms with E-state index in [4.69, 9.17) is 10.5 Å². The Morgan fingerprint density at radius 2 is 1.92 bits per heavy atom. The number of nitrogens with one attached hydrogen (secondary N) is 1. The fourth-order valence-corrected chi connectivity index (χ4v) is 3.73. The van der Waals surface area contributed by atoms with Gasteiger partial charge in [0.15, 0.2) is 0 Å². The van der Waals surface area contributed by atoms with Crippen molar-refractivity contribution in [3.8, 4) is 5.06 Å². The Hall–Kier alpha value is -2.46. The zero-order valence-corrected chi connectivity index (χ0v) is 16.4. The number of hydrogen-bond donors (Lipinski definition) is 2. The number of rotatable bonds is 5. The van der Waals surface area contributed by atoms with E-state index >= 15 is 0 Å². The molecular weight excluding hydrogens is 376 g/mol. The average Bonchev–Trinajstić information content (AvgIpc) is 2.89. The van der Waals surface area contributed by atoms with Crippen LogP contribution in [-0.2, 0) is 15.4 Å². The molecule has 0 saturated carbocycles. The topological polar surface area (TPSA) is 124 Å². The lowest BCUT2D eigenvalue weighted by Gasteiger charge is -2.16. The first-order valence-electron chi connectivity index (χ1n) is 7.59. The molecular formula is C16H20N4O4S2. The summed E-state index contributed by atoms with van der Waals surface area (Å²) < 4.78 is 29.3. The second kappa shape index (κ2) is 7.42. The van der Waals surface area contributed by atoms with Crippen molar-refractivity contribution in [2.45, 2.75) is 38.0 Å². The van der Waals surface area contributed by atoms with Crippen molar-refractivity contribution in [2.75, 3.05) is 0 Å². The van der Waals surface area contributed by atoms with Crippen LogP contribution in [0.4, 0.5) is 4.79 Å². The lowest BCUT2D eigenvalue weighted by molar-refractivity contribution is 0.211. The average molecular weight is 396 g/mol. The van der Waals surface area contributed by atoms with E-state index in [0.717, 1.165) is 16.9 Å². The number of aryl methyl sites for hydroxylation is 1. The van der Waals surface area contributed by atoms with Gasteiger partial charge in [-0.3, -0.25) is 0 Å². The van der Waals surface area contributed by atoms with Crippen LogP contribution in [0.5, 0.6) is 5.06 Å². The number of primary amides is 1. The van der Waals surface area contributed by atoms with Gasteiger partial charge < -0.3 is 10.5 Å². The Kier molecular flexibility index (Phi) is 5.67. The molecule has 1 amide bonds. The van der Waals surface area contributed by atoms with Gasteiger partial charge in [-0.05, 0) is 19.1 Å². The quantitative estimate of drug-likeness (QED) is 0.594. The summed E-state index contributed by atoms with van der Waals surface area (Å²) in [5.74, 6) is 0. The number of carbonyl (C=O) groups excluding carboxylic acids is 1. The van der Waals surface area contributed by atoms with Crippen molar-refractivity contribution in [1.82, 2.24) is 9.82 Å². The molecule has 8 nitrogen and oxygen atoms in total. The van der Waals surface area contributed by atoms with Gasteiger partial charge in [0.2, 0.25) is 5.06 Å². The number of aromatic nitrogens is 1. The highest BCUT2D eigenvalue weighted by molar-refractivity contribution is 7.89. The van der Waals surface area contributed by atoms with E-state index in [1.54, 1.807) is 12.1 Å². The van der Waals surface area contributed by atoms with Crippen molar-refractivity contribution >= 4 is 33.7 Å². The fraction of sp³-hybridized carbons (Fsp3) is 0.312. The van der Waals surface area contributed by atoms with Crippen LogP contribution < -0.4 is 15.3 Å². The second-order valence-corrected chi connectivity index (χ2v) is 9.18. The van der Waals surface area contributed by atoms with Gasteiger partial charge in [-0.15, -0.1) is 0 Å². The van der Waals surface area contributed by atoms with E-state index in [9.17, 15) is 13.2 Å². The standard InChI is InChI=1S/C16H20N4O4S2/c1-10-5-7-11(8-6-10)26(22,23)20-18-9-12-19-13(16(2,3)4)14(25-12)24-15(17)21/h5-9,20H,1-4H3,(H2,17,21). The molecule has 0 saturated heterocycles. The number of thiazole rings is 1. The third kappa shape index (κ3) is 5.02. The Morgan fingerprint density at radius 3 is 2.46 bits per heavy atom. The number of hydrazone groups is 1. The normalized spacial score (nSPS) is 12.3. The van der Waals surface area contributed by atoms with Crippen LogP contribution in [-0.4, -0.2) is 25.7 Å². The summed E-state index contributed by atoms with van der Waals surface area (Å²) in [6.45, 7) is 7.56. The van der Waals surface area contributed by atoms with Gasteiger partial charge >= 0.3 is 6.09 Å². The Balaban J connectivity index is 2.21. The summed E-state index contributed by atoms with van der Waals surface area (Å²) in [4.78, 5) is 17.6. The van der Waals surface area contributed by atoms with Gasteiger partial charge in [-0.1, -0.05) is 49.8 Å². The smallest absolute Gasteiger partial charge is 0.397 e. The first-order valence-corrected chi connectivity index (χ1v) is 9.89. The SMILES string of the molecule is Cc1ccc(S(=O)(=O)NN=Cc2nc(C(C)(C)C)c(OC(N)=O)s2)cc1. The van der Waals surface area contributed by atoms with Gasteiger partial charge in [0.25, 0.3) is 10.0 Å². The lowest BCUT2D eigenvalue weighted by Crippen LogP contribution is -2.19. The van der Waals surface area contributed by atoms with Gasteiger partial charge in [-0.25, -0.2) is 9.78 Å². The molecule has 2 rings (SSSR count). The number of nitrogens with two attached hydrogens (primary N) is 1. The molecule has 10 heteroatoms. The zero-order valence-electron chi connectivity index (χ0n) is 14.8.